The largest absolute Gasteiger partial charge is 0.468 e. The second-order valence-electron chi connectivity index (χ2n) is 6.08. The molecule has 0 radical (unpaired) electrons. The zero-order valence-corrected chi connectivity index (χ0v) is 13.4. The number of piperidine rings is 2. The fourth-order valence-corrected chi connectivity index (χ4v) is 4.09. The molecule has 3 rings (SSSR count). The Morgan fingerprint density at radius 2 is 2.09 bits per heavy atom. The lowest BCUT2D eigenvalue weighted by Crippen LogP contribution is -2.55. The number of esters is 1. The Morgan fingerprint density at radius 3 is 2.82 bits per heavy atom. The number of hydrogen-bond acceptors (Lipinski definition) is 4. The highest BCUT2D eigenvalue weighted by molar-refractivity contribution is 6.31. The van der Waals surface area contributed by atoms with Crippen LogP contribution in [0.25, 0.3) is 0 Å². The molecule has 1 aromatic rings. The Labute approximate surface area is 135 Å². The Balaban J connectivity index is 1.78. The molecule has 0 saturated carbocycles. The van der Waals surface area contributed by atoms with E-state index in [0.29, 0.717) is 12.3 Å². The average Bonchev–Trinajstić information content (AvgIpc) is 2.54. The number of hydrogen-bond donors (Lipinski definition) is 0. The second kappa shape index (κ2) is 6.39. The molecule has 0 bridgehead atoms. The average molecular weight is 322 g/mol. The highest BCUT2D eigenvalue weighted by atomic mass is 35.5. The molecule has 0 amide bonds. The van der Waals surface area contributed by atoms with Crippen molar-refractivity contribution in [1.82, 2.24) is 4.90 Å². The van der Waals surface area contributed by atoms with E-state index in [-0.39, 0.29) is 11.8 Å². The van der Waals surface area contributed by atoms with Gasteiger partial charge in [0.05, 0.1) is 7.11 Å². The summed E-state index contributed by atoms with van der Waals surface area (Å²) in [4.78, 5) is 26.3. The molecule has 1 aromatic carbocycles. The van der Waals surface area contributed by atoms with Gasteiger partial charge in [-0.2, -0.15) is 0 Å². The number of carbonyl (C=O) groups is 2. The van der Waals surface area contributed by atoms with Crippen molar-refractivity contribution in [2.24, 2.45) is 5.92 Å². The molecule has 3 atom stereocenters. The maximum absolute atomic E-state index is 12.1. The van der Waals surface area contributed by atoms with Crippen LogP contribution in [0.5, 0.6) is 0 Å². The van der Waals surface area contributed by atoms with Crippen molar-refractivity contribution in [3.8, 4) is 0 Å². The van der Waals surface area contributed by atoms with Crippen LogP contribution < -0.4 is 0 Å². The van der Waals surface area contributed by atoms with Gasteiger partial charge >= 0.3 is 5.97 Å². The van der Waals surface area contributed by atoms with Gasteiger partial charge in [0.1, 0.15) is 11.7 Å². The smallest absolute Gasteiger partial charge is 0.317 e. The Morgan fingerprint density at radius 1 is 1.32 bits per heavy atom. The van der Waals surface area contributed by atoms with E-state index in [0.717, 1.165) is 36.5 Å². The van der Waals surface area contributed by atoms with Gasteiger partial charge in [0, 0.05) is 30.6 Å². The van der Waals surface area contributed by atoms with Crippen LogP contribution in [-0.4, -0.2) is 42.9 Å². The molecular weight excluding hydrogens is 302 g/mol. The predicted molar refractivity (Wildman–Crippen MR) is 83.9 cm³/mol. The van der Waals surface area contributed by atoms with Crippen molar-refractivity contribution in [3.63, 3.8) is 0 Å². The van der Waals surface area contributed by atoms with Gasteiger partial charge in [-0.25, -0.2) is 0 Å². The molecule has 5 heteroatoms. The predicted octanol–water partition coefficient (Wildman–Crippen LogP) is 2.65. The molecule has 0 unspecified atom stereocenters. The lowest BCUT2D eigenvalue weighted by Gasteiger charge is -2.45. The summed E-state index contributed by atoms with van der Waals surface area (Å²) in [5, 5.41) is 0.795. The summed E-state index contributed by atoms with van der Waals surface area (Å²) < 4.78 is 4.83. The van der Waals surface area contributed by atoms with Crippen molar-refractivity contribution < 1.29 is 14.3 Å². The van der Waals surface area contributed by atoms with Crippen molar-refractivity contribution in [2.75, 3.05) is 20.2 Å². The van der Waals surface area contributed by atoms with Crippen molar-refractivity contribution in [2.45, 2.75) is 31.2 Å². The molecule has 0 aliphatic carbocycles. The van der Waals surface area contributed by atoms with Gasteiger partial charge in [-0.15, -0.1) is 0 Å². The van der Waals surface area contributed by atoms with Gasteiger partial charge in [0.25, 0.3) is 0 Å². The fourth-order valence-electron chi connectivity index (χ4n) is 3.80. The molecule has 2 saturated heterocycles. The lowest BCUT2D eigenvalue weighted by atomic mass is 9.78. The maximum atomic E-state index is 12.1. The van der Waals surface area contributed by atoms with Crippen molar-refractivity contribution in [3.05, 3.63) is 34.9 Å². The van der Waals surface area contributed by atoms with Gasteiger partial charge in [-0.05, 0) is 30.4 Å². The second-order valence-corrected chi connectivity index (χ2v) is 6.48. The van der Waals surface area contributed by atoms with Crippen LogP contribution in [0.1, 0.15) is 30.7 Å². The first-order chi connectivity index (χ1) is 10.6. The highest BCUT2D eigenvalue weighted by Gasteiger charge is 2.45. The van der Waals surface area contributed by atoms with Crippen LogP contribution in [0.2, 0.25) is 5.02 Å². The van der Waals surface area contributed by atoms with Crippen LogP contribution in [0.15, 0.2) is 24.3 Å². The summed E-state index contributed by atoms with van der Waals surface area (Å²) in [6, 6.07) is 7.90. The minimum Gasteiger partial charge on any atom is -0.468 e. The van der Waals surface area contributed by atoms with E-state index < -0.39 is 11.9 Å². The molecule has 2 aliphatic rings. The third-order valence-corrected chi connectivity index (χ3v) is 5.26. The standard InChI is InChI=1S/C17H20ClNO3/c1-22-17(21)16-14-7-6-11(10-19(14)9-8-15(16)20)12-4-2-3-5-13(12)18/h2-5,11,14,16H,6-10H2,1H3/t11-,14+,16+/m1/s1. The van der Waals surface area contributed by atoms with Crippen molar-refractivity contribution in [1.29, 1.82) is 0 Å². The normalized spacial score (nSPS) is 29.0. The van der Waals surface area contributed by atoms with E-state index in [4.69, 9.17) is 16.3 Å². The minimum atomic E-state index is -0.619. The SMILES string of the molecule is COC(=O)[C@@H]1C(=O)CCN2C[C@H](c3ccccc3Cl)CC[C@@H]12. The quantitative estimate of drug-likeness (QED) is 0.620. The maximum Gasteiger partial charge on any atom is 0.317 e. The third-order valence-electron chi connectivity index (χ3n) is 4.91. The first kappa shape index (κ1) is 15.5. The van der Waals surface area contributed by atoms with Crippen LogP contribution in [0.4, 0.5) is 0 Å². The van der Waals surface area contributed by atoms with E-state index in [9.17, 15) is 9.59 Å². The number of methoxy groups -OCH3 is 1. The number of fused-ring (bicyclic) bond motifs is 1. The summed E-state index contributed by atoms with van der Waals surface area (Å²) in [5.74, 6) is -0.636. The van der Waals surface area contributed by atoms with E-state index >= 15 is 0 Å². The van der Waals surface area contributed by atoms with Gasteiger partial charge in [-0.1, -0.05) is 29.8 Å². The Kier molecular flexibility index (Phi) is 4.50. The van der Waals surface area contributed by atoms with Crippen LogP contribution >= 0.6 is 11.6 Å². The summed E-state index contributed by atoms with van der Waals surface area (Å²) in [6.07, 6.45) is 2.18. The molecular formula is C17H20ClNO3. The monoisotopic (exact) mass is 321 g/mol. The number of Topliss-reactive ketones (excluding diaryl/α,β-unsaturated/α-hetero) is 1. The van der Waals surface area contributed by atoms with Crippen LogP contribution in [-0.2, 0) is 14.3 Å². The molecule has 2 aliphatic heterocycles. The zero-order chi connectivity index (χ0) is 15.7. The topological polar surface area (TPSA) is 46.6 Å². The summed E-state index contributed by atoms with van der Waals surface area (Å²) >= 11 is 6.31. The summed E-state index contributed by atoms with van der Waals surface area (Å²) in [7, 11) is 1.35. The van der Waals surface area contributed by atoms with E-state index in [1.165, 1.54) is 7.11 Å². The van der Waals surface area contributed by atoms with Crippen molar-refractivity contribution >= 4 is 23.4 Å². The molecule has 0 N–H and O–H groups in total. The molecule has 4 nitrogen and oxygen atoms in total. The first-order valence-electron chi connectivity index (χ1n) is 7.71. The molecule has 0 aromatic heterocycles. The van der Waals surface area contributed by atoms with Crippen LogP contribution in [0, 0.1) is 5.92 Å². The fraction of sp³-hybridized carbons (Fsp3) is 0.529. The number of carbonyl (C=O) groups excluding carboxylic acids is 2. The number of ether oxygens (including phenoxy) is 1. The summed E-state index contributed by atoms with van der Waals surface area (Å²) in [5.41, 5.74) is 1.16. The van der Waals surface area contributed by atoms with Gasteiger partial charge in [-0.3, -0.25) is 14.5 Å². The molecule has 0 spiro atoms. The number of ketones is 1. The molecule has 2 fully saturated rings. The van der Waals surface area contributed by atoms with Gasteiger partial charge < -0.3 is 4.74 Å². The van der Waals surface area contributed by atoms with Crippen LogP contribution in [0.3, 0.4) is 0 Å². The van der Waals surface area contributed by atoms with Gasteiger partial charge in [0.15, 0.2) is 0 Å². The minimum absolute atomic E-state index is 0.0179. The first-order valence-corrected chi connectivity index (χ1v) is 8.08. The number of halogens is 1. The Hall–Kier alpha value is -1.39. The molecule has 22 heavy (non-hydrogen) atoms. The Bertz CT molecular complexity index is 581. The zero-order valence-electron chi connectivity index (χ0n) is 12.6. The summed E-state index contributed by atoms with van der Waals surface area (Å²) in [6.45, 7) is 1.56. The van der Waals surface area contributed by atoms with Gasteiger partial charge in [0.2, 0.25) is 0 Å². The van der Waals surface area contributed by atoms with E-state index in [2.05, 4.69) is 11.0 Å². The number of rotatable bonds is 2. The number of nitrogens with zero attached hydrogens (tertiary/aromatic N) is 1. The lowest BCUT2D eigenvalue weighted by molar-refractivity contribution is -0.156. The third kappa shape index (κ3) is 2.77. The van der Waals surface area contributed by atoms with E-state index in [1.807, 2.05) is 18.2 Å². The van der Waals surface area contributed by atoms with E-state index in [1.54, 1.807) is 0 Å². The number of benzene rings is 1. The molecule has 118 valence electrons. The molecule has 2 heterocycles. The highest BCUT2D eigenvalue weighted by Crippen LogP contribution is 2.38.